The van der Waals surface area contributed by atoms with Crippen LogP contribution in [-0.2, 0) is 6.54 Å². The molecule has 0 unspecified atom stereocenters. The third-order valence-electron chi connectivity index (χ3n) is 2.61. The Morgan fingerprint density at radius 3 is 2.83 bits per heavy atom. The minimum atomic E-state index is -0.393. The molecule has 1 heterocycles. The Bertz CT molecular complexity index is 531. The van der Waals surface area contributed by atoms with E-state index in [9.17, 15) is 9.18 Å². The molecule has 2 aromatic rings. The molecule has 0 aliphatic heterocycles. The second kappa shape index (κ2) is 5.00. The number of H-pyrrole nitrogens is 1. The van der Waals surface area contributed by atoms with E-state index in [1.165, 1.54) is 17.0 Å². The topological polar surface area (TPSA) is 49.0 Å². The number of nitrogens with one attached hydrogen (secondary N) is 1. The number of aryl methyl sites for hydroxylation is 1. The summed E-state index contributed by atoms with van der Waals surface area (Å²) in [6.07, 6.45) is 3.38. The van der Waals surface area contributed by atoms with E-state index in [1.54, 1.807) is 32.4 Å². The van der Waals surface area contributed by atoms with Crippen molar-refractivity contribution in [2.24, 2.45) is 0 Å². The molecule has 0 saturated carbocycles. The fraction of sp³-hybridized carbons (Fsp3) is 0.231. The highest BCUT2D eigenvalue weighted by Crippen LogP contribution is 2.12. The second-order valence-electron chi connectivity index (χ2n) is 4.29. The molecule has 2 rings (SSSR count). The van der Waals surface area contributed by atoms with Crippen molar-refractivity contribution in [1.82, 2.24) is 15.1 Å². The molecule has 0 radical (unpaired) electrons. The normalized spacial score (nSPS) is 10.4. The van der Waals surface area contributed by atoms with Gasteiger partial charge in [0.2, 0.25) is 0 Å². The monoisotopic (exact) mass is 247 g/mol. The van der Waals surface area contributed by atoms with Crippen molar-refractivity contribution in [1.29, 1.82) is 0 Å². The van der Waals surface area contributed by atoms with E-state index in [-0.39, 0.29) is 5.91 Å². The molecule has 1 aromatic carbocycles. The second-order valence-corrected chi connectivity index (χ2v) is 4.29. The molecule has 18 heavy (non-hydrogen) atoms. The molecular formula is C13H14FN3O. The van der Waals surface area contributed by atoms with Crippen LogP contribution in [0.4, 0.5) is 4.39 Å². The summed E-state index contributed by atoms with van der Waals surface area (Å²) >= 11 is 0. The van der Waals surface area contributed by atoms with Gasteiger partial charge in [0.05, 0.1) is 6.20 Å². The van der Waals surface area contributed by atoms with E-state index in [2.05, 4.69) is 10.2 Å². The van der Waals surface area contributed by atoms with Gasteiger partial charge in [-0.15, -0.1) is 0 Å². The van der Waals surface area contributed by atoms with Crippen LogP contribution in [0.2, 0.25) is 0 Å². The lowest BCUT2D eigenvalue weighted by molar-refractivity contribution is 0.0784. The summed E-state index contributed by atoms with van der Waals surface area (Å²) in [4.78, 5) is 13.6. The summed E-state index contributed by atoms with van der Waals surface area (Å²) in [6, 6.07) is 4.32. The highest BCUT2D eigenvalue weighted by Gasteiger charge is 2.13. The van der Waals surface area contributed by atoms with E-state index in [0.717, 1.165) is 11.1 Å². The predicted molar refractivity (Wildman–Crippen MR) is 65.5 cm³/mol. The molecule has 4 nitrogen and oxygen atoms in total. The molecule has 94 valence electrons. The Morgan fingerprint density at radius 1 is 1.44 bits per heavy atom. The van der Waals surface area contributed by atoms with Gasteiger partial charge in [-0.05, 0) is 30.7 Å². The Hall–Kier alpha value is -2.17. The maximum atomic E-state index is 13.2. The van der Waals surface area contributed by atoms with Gasteiger partial charge in [-0.1, -0.05) is 0 Å². The number of halogens is 1. The zero-order chi connectivity index (χ0) is 13.1. The predicted octanol–water partition coefficient (Wildman–Crippen LogP) is 2.13. The molecule has 0 aliphatic rings. The zero-order valence-corrected chi connectivity index (χ0v) is 10.3. The van der Waals surface area contributed by atoms with Crippen molar-refractivity contribution in [3.8, 4) is 0 Å². The van der Waals surface area contributed by atoms with Crippen LogP contribution in [0.25, 0.3) is 0 Å². The molecule has 5 heteroatoms. The van der Waals surface area contributed by atoms with Crippen LogP contribution in [0, 0.1) is 12.7 Å². The SMILES string of the molecule is Cc1cc(F)cc(C(=O)N(C)Cc2cn[nH]c2)c1. The lowest BCUT2D eigenvalue weighted by Gasteiger charge is -2.16. The van der Waals surface area contributed by atoms with Gasteiger partial charge in [0.25, 0.3) is 5.91 Å². The van der Waals surface area contributed by atoms with Gasteiger partial charge in [0.15, 0.2) is 0 Å². The van der Waals surface area contributed by atoms with Crippen LogP contribution in [0.3, 0.4) is 0 Å². The fourth-order valence-corrected chi connectivity index (χ4v) is 1.79. The minimum Gasteiger partial charge on any atom is -0.337 e. The number of hydrogen-bond acceptors (Lipinski definition) is 2. The van der Waals surface area contributed by atoms with Crippen molar-refractivity contribution in [2.45, 2.75) is 13.5 Å². The van der Waals surface area contributed by atoms with Crippen LogP contribution in [0.5, 0.6) is 0 Å². The van der Waals surface area contributed by atoms with Gasteiger partial charge in [-0.25, -0.2) is 4.39 Å². The number of carbonyl (C=O) groups is 1. The molecule has 0 aliphatic carbocycles. The highest BCUT2D eigenvalue weighted by atomic mass is 19.1. The van der Waals surface area contributed by atoms with Gasteiger partial charge in [0, 0.05) is 30.9 Å². The lowest BCUT2D eigenvalue weighted by Crippen LogP contribution is -2.26. The zero-order valence-electron chi connectivity index (χ0n) is 10.3. The summed E-state index contributed by atoms with van der Waals surface area (Å²) in [6.45, 7) is 2.20. The summed E-state index contributed by atoms with van der Waals surface area (Å²) < 4.78 is 13.2. The molecule has 0 saturated heterocycles. The molecule has 1 N–H and O–H groups in total. The molecule has 0 atom stereocenters. The van der Waals surface area contributed by atoms with E-state index in [0.29, 0.717) is 12.1 Å². The number of aromatic amines is 1. The quantitative estimate of drug-likeness (QED) is 0.903. The summed E-state index contributed by atoms with van der Waals surface area (Å²) in [7, 11) is 1.68. The Kier molecular flexibility index (Phi) is 3.41. The number of amides is 1. The third kappa shape index (κ3) is 2.74. The molecule has 0 bridgehead atoms. The smallest absolute Gasteiger partial charge is 0.254 e. The van der Waals surface area contributed by atoms with Crippen LogP contribution in [0.1, 0.15) is 21.5 Å². The van der Waals surface area contributed by atoms with Crippen molar-refractivity contribution in [2.75, 3.05) is 7.05 Å². The first kappa shape index (κ1) is 12.3. The van der Waals surface area contributed by atoms with Gasteiger partial charge < -0.3 is 4.90 Å². The third-order valence-corrected chi connectivity index (χ3v) is 2.61. The molecular weight excluding hydrogens is 233 g/mol. The van der Waals surface area contributed by atoms with Crippen LogP contribution in [0.15, 0.2) is 30.6 Å². The fourth-order valence-electron chi connectivity index (χ4n) is 1.79. The number of nitrogens with zero attached hydrogens (tertiary/aromatic N) is 2. The maximum Gasteiger partial charge on any atom is 0.254 e. The van der Waals surface area contributed by atoms with E-state index in [1.807, 2.05) is 0 Å². The van der Waals surface area contributed by atoms with Crippen LogP contribution < -0.4 is 0 Å². The van der Waals surface area contributed by atoms with E-state index < -0.39 is 5.82 Å². The van der Waals surface area contributed by atoms with Gasteiger partial charge >= 0.3 is 0 Å². The van der Waals surface area contributed by atoms with Crippen LogP contribution in [-0.4, -0.2) is 28.1 Å². The summed E-state index contributed by atoms with van der Waals surface area (Å²) in [5.41, 5.74) is 1.99. The number of aromatic nitrogens is 2. The Morgan fingerprint density at radius 2 is 2.22 bits per heavy atom. The minimum absolute atomic E-state index is 0.209. The summed E-state index contributed by atoms with van der Waals surface area (Å²) in [5.74, 6) is -0.603. The average Bonchev–Trinajstić information content (AvgIpc) is 2.79. The number of rotatable bonds is 3. The molecule has 1 amide bonds. The highest BCUT2D eigenvalue weighted by molar-refractivity contribution is 5.94. The number of carbonyl (C=O) groups excluding carboxylic acids is 1. The number of hydrogen-bond donors (Lipinski definition) is 1. The molecule has 0 spiro atoms. The number of benzene rings is 1. The van der Waals surface area contributed by atoms with Crippen molar-refractivity contribution in [3.05, 3.63) is 53.1 Å². The van der Waals surface area contributed by atoms with Crippen molar-refractivity contribution in [3.63, 3.8) is 0 Å². The lowest BCUT2D eigenvalue weighted by atomic mass is 10.1. The summed E-state index contributed by atoms with van der Waals surface area (Å²) in [5, 5.41) is 6.50. The van der Waals surface area contributed by atoms with Crippen molar-refractivity contribution < 1.29 is 9.18 Å². The first-order valence-electron chi connectivity index (χ1n) is 5.56. The molecule has 1 aromatic heterocycles. The maximum absolute atomic E-state index is 13.2. The Labute approximate surface area is 104 Å². The van der Waals surface area contributed by atoms with E-state index >= 15 is 0 Å². The van der Waals surface area contributed by atoms with Crippen LogP contribution >= 0.6 is 0 Å². The standard InChI is InChI=1S/C13H14FN3O/c1-9-3-11(5-12(14)4-9)13(18)17(2)8-10-6-15-16-7-10/h3-7H,8H2,1-2H3,(H,15,16). The van der Waals surface area contributed by atoms with E-state index in [4.69, 9.17) is 0 Å². The Balaban J connectivity index is 2.15. The largest absolute Gasteiger partial charge is 0.337 e. The first-order valence-corrected chi connectivity index (χ1v) is 5.56. The van der Waals surface area contributed by atoms with Gasteiger partial charge in [-0.3, -0.25) is 9.89 Å². The average molecular weight is 247 g/mol. The first-order chi connectivity index (χ1) is 8.56. The van der Waals surface area contributed by atoms with Gasteiger partial charge in [-0.2, -0.15) is 5.10 Å². The molecule has 0 fully saturated rings. The van der Waals surface area contributed by atoms with Crippen molar-refractivity contribution >= 4 is 5.91 Å². The van der Waals surface area contributed by atoms with Gasteiger partial charge in [0.1, 0.15) is 5.82 Å².